The standard InChI is InChI=1S/C15H18O2/c1-10(2)8-14-6-4-13-9-12(11(3)16)5-7-15(13)17-14/h5,7-9,14H,4,6H2,1-3H3. The molecule has 1 aromatic rings. The van der Waals surface area contributed by atoms with E-state index in [2.05, 4.69) is 19.9 Å². The Morgan fingerprint density at radius 2 is 2.12 bits per heavy atom. The Morgan fingerprint density at radius 1 is 1.35 bits per heavy atom. The van der Waals surface area contributed by atoms with Crippen LogP contribution in [0.3, 0.4) is 0 Å². The molecule has 0 N–H and O–H groups in total. The molecule has 1 heterocycles. The highest BCUT2D eigenvalue weighted by molar-refractivity contribution is 5.94. The molecule has 0 bridgehead atoms. The molecule has 1 unspecified atom stereocenters. The van der Waals surface area contributed by atoms with E-state index in [9.17, 15) is 4.79 Å². The number of fused-ring (bicyclic) bond motifs is 1. The van der Waals surface area contributed by atoms with Crippen molar-refractivity contribution >= 4 is 5.78 Å². The van der Waals surface area contributed by atoms with E-state index in [0.717, 1.165) is 29.7 Å². The molecule has 2 heteroatoms. The topological polar surface area (TPSA) is 26.3 Å². The number of rotatable bonds is 2. The quantitative estimate of drug-likeness (QED) is 0.573. The van der Waals surface area contributed by atoms with Crippen LogP contribution in [0.25, 0.3) is 0 Å². The van der Waals surface area contributed by atoms with Gasteiger partial charge in [-0.05, 0) is 63.5 Å². The normalized spacial score (nSPS) is 17.9. The Bertz CT molecular complexity index is 468. The fraction of sp³-hybridized carbons (Fsp3) is 0.400. The Balaban J connectivity index is 2.23. The highest BCUT2D eigenvalue weighted by Crippen LogP contribution is 2.29. The fourth-order valence-electron chi connectivity index (χ4n) is 2.12. The van der Waals surface area contributed by atoms with Gasteiger partial charge in [-0.2, -0.15) is 0 Å². The van der Waals surface area contributed by atoms with Gasteiger partial charge in [0.05, 0.1) is 0 Å². The summed E-state index contributed by atoms with van der Waals surface area (Å²) in [5, 5.41) is 0. The average Bonchev–Trinajstić information content (AvgIpc) is 2.27. The monoisotopic (exact) mass is 230 g/mol. The van der Waals surface area contributed by atoms with Gasteiger partial charge in [0, 0.05) is 5.56 Å². The summed E-state index contributed by atoms with van der Waals surface area (Å²) in [6, 6.07) is 5.71. The molecule has 1 aliphatic rings. The lowest BCUT2D eigenvalue weighted by molar-refractivity contribution is 0.101. The van der Waals surface area contributed by atoms with Crippen LogP contribution in [0, 0.1) is 0 Å². The van der Waals surface area contributed by atoms with Crippen molar-refractivity contribution in [3.63, 3.8) is 0 Å². The van der Waals surface area contributed by atoms with Gasteiger partial charge in [0.25, 0.3) is 0 Å². The van der Waals surface area contributed by atoms with Crippen LogP contribution in [0.4, 0.5) is 0 Å². The number of hydrogen-bond acceptors (Lipinski definition) is 2. The molecule has 0 saturated heterocycles. The zero-order valence-corrected chi connectivity index (χ0v) is 10.6. The lowest BCUT2D eigenvalue weighted by Crippen LogP contribution is -2.20. The van der Waals surface area contributed by atoms with E-state index in [1.54, 1.807) is 6.92 Å². The maximum Gasteiger partial charge on any atom is 0.159 e. The van der Waals surface area contributed by atoms with Gasteiger partial charge < -0.3 is 4.74 Å². The highest BCUT2D eigenvalue weighted by atomic mass is 16.5. The van der Waals surface area contributed by atoms with Crippen LogP contribution >= 0.6 is 0 Å². The van der Waals surface area contributed by atoms with E-state index in [-0.39, 0.29) is 11.9 Å². The molecule has 0 aliphatic carbocycles. The Hall–Kier alpha value is -1.57. The summed E-state index contributed by atoms with van der Waals surface area (Å²) in [5.41, 5.74) is 3.20. The van der Waals surface area contributed by atoms with Crippen molar-refractivity contribution in [1.29, 1.82) is 0 Å². The fourth-order valence-corrected chi connectivity index (χ4v) is 2.12. The van der Waals surface area contributed by atoms with Crippen molar-refractivity contribution in [3.05, 3.63) is 41.0 Å². The van der Waals surface area contributed by atoms with Crippen molar-refractivity contribution in [2.75, 3.05) is 0 Å². The molecule has 0 radical (unpaired) electrons. The van der Waals surface area contributed by atoms with Gasteiger partial charge in [-0.15, -0.1) is 0 Å². The van der Waals surface area contributed by atoms with Gasteiger partial charge in [-0.3, -0.25) is 4.79 Å². The molecule has 2 rings (SSSR count). The molecule has 1 aliphatic heterocycles. The maximum atomic E-state index is 11.3. The maximum absolute atomic E-state index is 11.3. The zero-order chi connectivity index (χ0) is 12.4. The number of benzene rings is 1. The highest BCUT2D eigenvalue weighted by Gasteiger charge is 2.18. The van der Waals surface area contributed by atoms with Crippen LogP contribution in [0.5, 0.6) is 5.75 Å². The molecule has 17 heavy (non-hydrogen) atoms. The minimum atomic E-state index is 0.110. The van der Waals surface area contributed by atoms with Crippen molar-refractivity contribution in [2.45, 2.75) is 39.7 Å². The van der Waals surface area contributed by atoms with E-state index in [1.807, 2.05) is 18.2 Å². The number of ketones is 1. The van der Waals surface area contributed by atoms with Crippen molar-refractivity contribution in [1.82, 2.24) is 0 Å². The van der Waals surface area contributed by atoms with Crippen molar-refractivity contribution in [3.8, 4) is 5.75 Å². The summed E-state index contributed by atoms with van der Waals surface area (Å²) in [4.78, 5) is 11.3. The number of Topliss-reactive ketones (excluding diaryl/α,β-unsaturated/α-hetero) is 1. The van der Waals surface area contributed by atoms with Crippen molar-refractivity contribution in [2.24, 2.45) is 0 Å². The Labute approximate surface area is 102 Å². The second-order valence-corrected chi connectivity index (χ2v) is 4.82. The van der Waals surface area contributed by atoms with Gasteiger partial charge >= 0.3 is 0 Å². The lowest BCUT2D eigenvalue weighted by atomic mass is 9.98. The van der Waals surface area contributed by atoms with E-state index < -0.39 is 0 Å². The van der Waals surface area contributed by atoms with Crippen LogP contribution in [0.15, 0.2) is 29.8 Å². The number of carbonyl (C=O) groups is 1. The summed E-state index contributed by atoms with van der Waals surface area (Å²) in [7, 11) is 0. The average molecular weight is 230 g/mol. The second-order valence-electron chi connectivity index (χ2n) is 4.82. The lowest BCUT2D eigenvalue weighted by Gasteiger charge is -2.24. The summed E-state index contributed by atoms with van der Waals surface area (Å²) in [6.45, 7) is 5.76. The molecule has 0 aromatic heterocycles. The van der Waals surface area contributed by atoms with Gasteiger partial charge in [-0.1, -0.05) is 5.57 Å². The molecule has 90 valence electrons. The minimum Gasteiger partial charge on any atom is -0.486 e. The van der Waals surface area contributed by atoms with Gasteiger partial charge in [0.1, 0.15) is 11.9 Å². The first-order valence-electron chi connectivity index (χ1n) is 6.02. The smallest absolute Gasteiger partial charge is 0.159 e. The number of carbonyl (C=O) groups excluding carboxylic acids is 1. The number of allylic oxidation sites excluding steroid dienone is 1. The van der Waals surface area contributed by atoms with Crippen LogP contribution in [0.1, 0.15) is 43.1 Å². The van der Waals surface area contributed by atoms with Gasteiger partial charge in [-0.25, -0.2) is 0 Å². The third-order valence-electron chi connectivity index (χ3n) is 2.96. The van der Waals surface area contributed by atoms with Crippen LogP contribution in [0.2, 0.25) is 0 Å². The minimum absolute atomic E-state index is 0.110. The molecular formula is C15H18O2. The van der Waals surface area contributed by atoms with Gasteiger partial charge in [0.2, 0.25) is 0 Å². The van der Waals surface area contributed by atoms with Crippen LogP contribution in [-0.2, 0) is 6.42 Å². The summed E-state index contributed by atoms with van der Waals surface area (Å²) >= 11 is 0. The van der Waals surface area contributed by atoms with E-state index in [0.29, 0.717) is 0 Å². The Morgan fingerprint density at radius 3 is 2.76 bits per heavy atom. The largest absolute Gasteiger partial charge is 0.486 e. The first kappa shape index (κ1) is 11.9. The zero-order valence-electron chi connectivity index (χ0n) is 10.6. The molecule has 0 amide bonds. The predicted molar refractivity (Wildman–Crippen MR) is 68.6 cm³/mol. The van der Waals surface area contributed by atoms with Crippen LogP contribution in [-0.4, -0.2) is 11.9 Å². The van der Waals surface area contributed by atoms with E-state index in [4.69, 9.17) is 4.74 Å². The summed E-state index contributed by atoms with van der Waals surface area (Å²) in [6.07, 6.45) is 4.29. The molecular weight excluding hydrogens is 212 g/mol. The molecule has 0 saturated carbocycles. The van der Waals surface area contributed by atoms with Crippen LogP contribution < -0.4 is 4.74 Å². The molecule has 2 nitrogen and oxygen atoms in total. The second kappa shape index (κ2) is 4.74. The first-order valence-corrected chi connectivity index (χ1v) is 6.02. The van der Waals surface area contributed by atoms with Gasteiger partial charge in [0.15, 0.2) is 5.78 Å². The molecule has 1 aromatic carbocycles. The van der Waals surface area contributed by atoms with E-state index >= 15 is 0 Å². The SMILES string of the molecule is CC(=O)c1ccc2c(c1)CCC(C=C(C)C)O2. The predicted octanol–water partition coefficient (Wildman–Crippen LogP) is 3.55. The molecule has 1 atom stereocenters. The number of ether oxygens (including phenoxy) is 1. The van der Waals surface area contributed by atoms with Crippen molar-refractivity contribution < 1.29 is 9.53 Å². The number of hydrogen-bond donors (Lipinski definition) is 0. The Kier molecular flexibility index (Phi) is 3.32. The summed E-state index contributed by atoms with van der Waals surface area (Å²) < 4.78 is 5.89. The number of aryl methyl sites for hydroxylation is 1. The summed E-state index contributed by atoms with van der Waals surface area (Å²) in [5.74, 6) is 1.03. The molecule has 0 fully saturated rings. The third-order valence-corrected chi connectivity index (χ3v) is 2.96. The first-order chi connectivity index (χ1) is 8.06. The third kappa shape index (κ3) is 2.76. The van der Waals surface area contributed by atoms with E-state index in [1.165, 1.54) is 5.57 Å². The molecule has 0 spiro atoms.